The predicted octanol–water partition coefficient (Wildman–Crippen LogP) is 2.77. The Labute approximate surface area is 79.7 Å². The number of hydrogen-bond acceptors (Lipinski definition) is 2. The van der Waals surface area contributed by atoms with Crippen LogP contribution in [0.2, 0.25) is 0 Å². The zero-order valence-electron chi connectivity index (χ0n) is 7.72. The molecule has 2 nitrogen and oxygen atoms in total. The van der Waals surface area contributed by atoms with Gasteiger partial charge < -0.3 is 0 Å². The minimum absolute atomic E-state index is 0.130. The molecule has 0 aromatic heterocycles. The molecule has 0 aliphatic heterocycles. The van der Waals surface area contributed by atoms with Crippen LogP contribution in [0.4, 0.5) is 0 Å². The Bertz CT molecular complexity index is 199. The Morgan fingerprint density at radius 1 is 1.33 bits per heavy atom. The molecule has 0 aromatic carbocycles. The van der Waals surface area contributed by atoms with Crippen LogP contribution in [0.3, 0.4) is 0 Å². The summed E-state index contributed by atoms with van der Waals surface area (Å²) in [5.74, 6) is 0.373. The lowest BCUT2D eigenvalue weighted by molar-refractivity contribution is 0.487. The fourth-order valence-electron chi connectivity index (χ4n) is 1.18. The quantitative estimate of drug-likeness (QED) is 0.635. The monoisotopic (exact) mass is 212 g/mol. The minimum Gasteiger partial charge on any atom is -0.212 e. The van der Waals surface area contributed by atoms with Crippen molar-refractivity contribution >= 4 is 19.7 Å². The van der Waals surface area contributed by atoms with Crippen molar-refractivity contribution in [1.82, 2.24) is 0 Å². The molecule has 0 saturated heterocycles. The highest BCUT2D eigenvalue weighted by molar-refractivity contribution is 8.13. The molecule has 0 heterocycles. The topological polar surface area (TPSA) is 34.1 Å². The van der Waals surface area contributed by atoms with E-state index in [9.17, 15) is 8.42 Å². The Balaban J connectivity index is 3.83. The summed E-state index contributed by atoms with van der Waals surface area (Å²) in [6.45, 7) is 4.10. The van der Waals surface area contributed by atoms with Crippen LogP contribution in [0.5, 0.6) is 0 Å². The third kappa shape index (κ3) is 6.92. The van der Waals surface area contributed by atoms with Crippen molar-refractivity contribution in [3.8, 4) is 0 Å². The molecule has 0 N–H and O–H groups in total. The maximum absolute atomic E-state index is 10.7. The first kappa shape index (κ1) is 12.2. The molecule has 0 amide bonds. The fraction of sp³-hybridized carbons (Fsp3) is 1.00. The van der Waals surface area contributed by atoms with Gasteiger partial charge in [-0.25, -0.2) is 8.42 Å². The molecule has 0 saturated carbocycles. The van der Waals surface area contributed by atoms with E-state index in [-0.39, 0.29) is 11.7 Å². The second kappa shape index (κ2) is 5.81. The summed E-state index contributed by atoms with van der Waals surface area (Å²) in [5, 5.41) is 0. The lowest BCUT2D eigenvalue weighted by atomic mass is 10.0. The van der Waals surface area contributed by atoms with Crippen LogP contribution in [0.25, 0.3) is 0 Å². The highest BCUT2D eigenvalue weighted by Gasteiger charge is 2.14. The summed E-state index contributed by atoms with van der Waals surface area (Å²) < 4.78 is 21.5. The van der Waals surface area contributed by atoms with Gasteiger partial charge in [0.2, 0.25) is 9.05 Å². The predicted molar refractivity (Wildman–Crippen MR) is 52.9 cm³/mol. The van der Waals surface area contributed by atoms with Crippen LogP contribution in [-0.4, -0.2) is 14.2 Å². The molecule has 0 spiro atoms. The Morgan fingerprint density at radius 2 is 1.92 bits per heavy atom. The number of unbranched alkanes of at least 4 members (excludes halogenated alkanes) is 1. The van der Waals surface area contributed by atoms with Crippen LogP contribution in [0.15, 0.2) is 0 Å². The van der Waals surface area contributed by atoms with Gasteiger partial charge in [0.05, 0.1) is 5.75 Å². The van der Waals surface area contributed by atoms with Crippen LogP contribution in [0.1, 0.15) is 39.5 Å². The van der Waals surface area contributed by atoms with Crippen molar-refractivity contribution in [2.75, 3.05) is 5.75 Å². The molecular formula is C8H17ClO2S. The molecule has 0 aliphatic rings. The van der Waals surface area contributed by atoms with Crippen molar-refractivity contribution < 1.29 is 8.42 Å². The summed E-state index contributed by atoms with van der Waals surface area (Å²) in [7, 11) is 1.86. The first-order valence-electron chi connectivity index (χ1n) is 4.42. The Morgan fingerprint density at radius 3 is 2.25 bits per heavy atom. The van der Waals surface area contributed by atoms with Crippen molar-refractivity contribution in [2.45, 2.75) is 39.5 Å². The summed E-state index contributed by atoms with van der Waals surface area (Å²) in [6.07, 6.45) is 4.06. The van der Waals surface area contributed by atoms with Crippen LogP contribution >= 0.6 is 10.7 Å². The van der Waals surface area contributed by atoms with E-state index in [1.165, 1.54) is 0 Å². The van der Waals surface area contributed by atoms with E-state index >= 15 is 0 Å². The normalized spacial score (nSPS) is 14.6. The first-order valence-corrected chi connectivity index (χ1v) is 6.89. The second-order valence-electron chi connectivity index (χ2n) is 3.12. The molecular weight excluding hydrogens is 196 g/mol. The van der Waals surface area contributed by atoms with E-state index in [0.717, 1.165) is 25.7 Å². The van der Waals surface area contributed by atoms with Gasteiger partial charge in [-0.15, -0.1) is 0 Å². The van der Waals surface area contributed by atoms with Gasteiger partial charge in [-0.3, -0.25) is 0 Å². The summed E-state index contributed by atoms with van der Waals surface area (Å²) in [5.41, 5.74) is 0. The van der Waals surface area contributed by atoms with Crippen molar-refractivity contribution in [1.29, 1.82) is 0 Å². The van der Waals surface area contributed by atoms with Crippen LogP contribution in [0, 0.1) is 5.92 Å². The highest BCUT2D eigenvalue weighted by atomic mass is 35.7. The fourth-order valence-corrected chi connectivity index (χ4v) is 2.68. The molecule has 4 heteroatoms. The van der Waals surface area contributed by atoms with Crippen molar-refractivity contribution in [2.24, 2.45) is 5.92 Å². The zero-order valence-corrected chi connectivity index (χ0v) is 9.29. The molecule has 1 atom stereocenters. The van der Waals surface area contributed by atoms with Crippen molar-refractivity contribution in [3.05, 3.63) is 0 Å². The zero-order chi connectivity index (χ0) is 9.61. The van der Waals surface area contributed by atoms with Gasteiger partial charge in [-0.05, 0) is 12.3 Å². The van der Waals surface area contributed by atoms with Crippen molar-refractivity contribution in [3.63, 3.8) is 0 Å². The van der Waals surface area contributed by atoms with E-state index in [1.54, 1.807) is 0 Å². The second-order valence-corrected chi connectivity index (χ2v) is 5.94. The average Bonchev–Trinajstić information content (AvgIpc) is 1.95. The number of rotatable bonds is 6. The molecule has 1 unspecified atom stereocenters. The third-order valence-corrected chi connectivity index (χ3v) is 3.23. The molecule has 0 fully saturated rings. The van der Waals surface area contributed by atoms with Gasteiger partial charge >= 0.3 is 0 Å². The minimum atomic E-state index is -3.29. The van der Waals surface area contributed by atoms with Gasteiger partial charge in [0.1, 0.15) is 0 Å². The largest absolute Gasteiger partial charge is 0.232 e. The number of hydrogen-bond donors (Lipinski definition) is 0. The van der Waals surface area contributed by atoms with Gasteiger partial charge in [0.15, 0.2) is 0 Å². The van der Waals surface area contributed by atoms with Crippen LogP contribution in [-0.2, 0) is 9.05 Å². The third-order valence-electron chi connectivity index (χ3n) is 1.98. The molecule has 0 radical (unpaired) electrons. The van der Waals surface area contributed by atoms with E-state index in [2.05, 4.69) is 6.92 Å². The molecule has 0 aromatic rings. The van der Waals surface area contributed by atoms with Gasteiger partial charge in [0.25, 0.3) is 0 Å². The van der Waals surface area contributed by atoms with Gasteiger partial charge in [0, 0.05) is 10.7 Å². The molecule has 0 bridgehead atoms. The summed E-state index contributed by atoms with van der Waals surface area (Å²) in [6, 6.07) is 0. The lowest BCUT2D eigenvalue weighted by Gasteiger charge is -2.11. The first-order chi connectivity index (χ1) is 5.49. The van der Waals surface area contributed by atoms with Crippen LogP contribution < -0.4 is 0 Å². The van der Waals surface area contributed by atoms with E-state index in [4.69, 9.17) is 10.7 Å². The van der Waals surface area contributed by atoms with Gasteiger partial charge in [-0.1, -0.05) is 33.1 Å². The SMILES string of the molecule is CCCCC(CC)CS(=O)(=O)Cl. The van der Waals surface area contributed by atoms with Gasteiger partial charge in [-0.2, -0.15) is 0 Å². The Hall–Kier alpha value is 0.240. The molecule has 0 aliphatic carbocycles. The van der Waals surface area contributed by atoms with E-state index in [1.807, 2.05) is 6.92 Å². The van der Waals surface area contributed by atoms with E-state index < -0.39 is 9.05 Å². The summed E-state index contributed by atoms with van der Waals surface area (Å²) >= 11 is 0. The maximum Gasteiger partial charge on any atom is 0.232 e. The number of halogens is 1. The van der Waals surface area contributed by atoms with E-state index in [0.29, 0.717) is 0 Å². The maximum atomic E-state index is 10.7. The molecule has 74 valence electrons. The Kier molecular flexibility index (Phi) is 5.93. The standard InChI is InChI=1S/C8H17ClO2S/c1-3-5-6-8(4-2)7-12(9,10)11/h8H,3-7H2,1-2H3. The highest BCUT2D eigenvalue weighted by Crippen LogP contribution is 2.16. The lowest BCUT2D eigenvalue weighted by Crippen LogP contribution is -2.10. The molecule has 0 rings (SSSR count). The molecule has 12 heavy (non-hydrogen) atoms. The summed E-state index contributed by atoms with van der Waals surface area (Å²) in [4.78, 5) is 0. The smallest absolute Gasteiger partial charge is 0.212 e. The average molecular weight is 213 g/mol.